The molecule has 98 valence electrons. The zero-order chi connectivity index (χ0) is 12.8. The third-order valence-corrected chi connectivity index (χ3v) is 2.77. The van der Waals surface area contributed by atoms with Crippen molar-refractivity contribution in [2.75, 3.05) is 26.7 Å². The van der Waals surface area contributed by atoms with Crippen molar-refractivity contribution in [2.24, 2.45) is 0 Å². The molecule has 0 radical (unpaired) electrons. The molecule has 0 bridgehead atoms. The molecule has 0 aromatic heterocycles. The summed E-state index contributed by atoms with van der Waals surface area (Å²) in [4.78, 5) is 24.6. The number of likely N-dealkylation sites (tertiary alicyclic amines) is 1. The smallest absolute Gasteiger partial charge is 0.323 e. The van der Waals surface area contributed by atoms with Gasteiger partial charge in [0.2, 0.25) is 5.91 Å². The van der Waals surface area contributed by atoms with Crippen molar-refractivity contribution in [1.29, 1.82) is 0 Å². The molecule has 0 aliphatic carbocycles. The number of ether oxygens (including phenoxy) is 1. The summed E-state index contributed by atoms with van der Waals surface area (Å²) in [7, 11) is 1.31. The Morgan fingerprint density at radius 3 is 2.82 bits per heavy atom. The highest BCUT2D eigenvalue weighted by molar-refractivity contribution is 5.80. The normalized spacial score (nSPS) is 24.6. The fraction of sp³-hybridized carbons (Fsp3) is 0.818. The van der Waals surface area contributed by atoms with Crippen LogP contribution in [0.4, 0.5) is 0 Å². The average molecular weight is 244 g/mol. The first-order chi connectivity index (χ1) is 8.08. The second kappa shape index (κ2) is 6.56. The maximum absolute atomic E-state index is 11.5. The zero-order valence-electron chi connectivity index (χ0n) is 10.3. The van der Waals surface area contributed by atoms with Gasteiger partial charge < -0.3 is 15.2 Å². The van der Waals surface area contributed by atoms with Crippen molar-refractivity contribution in [2.45, 2.75) is 31.9 Å². The van der Waals surface area contributed by atoms with Crippen molar-refractivity contribution < 1.29 is 19.4 Å². The topological polar surface area (TPSA) is 78.9 Å². The molecule has 0 saturated carbocycles. The fourth-order valence-electron chi connectivity index (χ4n) is 1.94. The molecule has 0 aromatic carbocycles. The maximum Gasteiger partial charge on any atom is 0.323 e. The Morgan fingerprint density at radius 2 is 2.24 bits per heavy atom. The summed E-state index contributed by atoms with van der Waals surface area (Å²) in [5.74, 6) is -0.528. The minimum Gasteiger partial charge on any atom is -0.468 e. The summed E-state index contributed by atoms with van der Waals surface area (Å²) in [5, 5.41) is 12.3. The van der Waals surface area contributed by atoms with E-state index in [-0.39, 0.29) is 12.5 Å². The van der Waals surface area contributed by atoms with Gasteiger partial charge in [-0.05, 0) is 6.42 Å². The monoisotopic (exact) mass is 244 g/mol. The summed E-state index contributed by atoms with van der Waals surface area (Å²) in [6, 6.07) is -0.512. The van der Waals surface area contributed by atoms with E-state index in [0.717, 1.165) is 6.42 Å². The lowest BCUT2D eigenvalue weighted by Gasteiger charge is -2.21. The average Bonchev–Trinajstić information content (AvgIpc) is 2.66. The van der Waals surface area contributed by atoms with E-state index in [4.69, 9.17) is 0 Å². The lowest BCUT2D eigenvalue weighted by Crippen LogP contribution is -2.43. The summed E-state index contributed by atoms with van der Waals surface area (Å²) in [6.45, 7) is 3.05. The van der Waals surface area contributed by atoms with E-state index in [1.165, 1.54) is 7.11 Å². The SMILES string of the molecule is CCCNC(=O)CN1CC(O)CC1C(=O)OC. The number of methoxy groups -OCH3 is 1. The molecule has 17 heavy (non-hydrogen) atoms. The molecular weight excluding hydrogens is 224 g/mol. The van der Waals surface area contributed by atoms with E-state index in [0.29, 0.717) is 19.5 Å². The standard InChI is InChI=1S/C11H20N2O4/c1-3-4-12-10(15)7-13-6-8(14)5-9(13)11(16)17-2/h8-9,14H,3-7H2,1-2H3,(H,12,15). The second-order valence-electron chi connectivity index (χ2n) is 4.21. The molecule has 2 N–H and O–H groups in total. The van der Waals surface area contributed by atoms with Crippen LogP contribution in [0.3, 0.4) is 0 Å². The molecular formula is C11H20N2O4. The number of carbonyl (C=O) groups excluding carboxylic acids is 2. The van der Waals surface area contributed by atoms with Gasteiger partial charge in [-0.3, -0.25) is 14.5 Å². The van der Waals surface area contributed by atoms with Crippen LogP contribution < -0.4 is 5.32 Å². The number of carbonyl (C=O) groups is 2. The van der Waals surface area contributed by atoms with Crippen LogP contribution in [-0.4, -0.2) is 60.8 Å². The number of β-amino-alcohol motifs (C(OH)–C–C–N with tert-alkyl or cyclic N) is 1. The number of nitrogens with zero attached hydrogens (tertiary/aromatic N) is 1. The number of nitrogens with one attached hydrogen (secondary N) is 1. The van der Waals surface area contributed by atoms with E-state index in [1.807, 2.05) is 6.92 Å². The first-order valence-electron chi connectivity index (χ1n) is 5.85. The minimum atomic E-state index is -0.571. The van der Waals surface area contributed by atoms with E-state index >= 15 is 0 Å². The van der Waals surface area contributed by atoms with Gasteiger partial charge in [-0.2, -0.15) is 0 Å². The maximum atomic E-state index is 11.5. The van der Waals surface area contributed by atoms with Crippen LogP contribution in [0.25, 0.3) is 0 Å². The molecule has 6 nitrogen and oxygen atoms in total. The van der Waals surface area contributed by atoms with Gasteiger partial charge in [-0.25, -0.2) is 0 Å². The molecule has 1 fully saturated rings. The van der Waals surface area contributed by atoms with Gasteiger partial charge in [-0.1, -0.05) is 6.92 Å². The first-order valence-corrected chi connectivity index (χ1v) is 5.85. The highest BCUT2D eigenvalue weighted by Crippen LogP contribution is 2.18. The molecule has 1 saturated heterocycles. The molecule has 1 rings (SSSR count). The molecule has 1 amide bonds. The van der Waals surface area contributed by atoms with Crippen LogP contribution in [0.2, 0.25) is 0 Å². The zero-order valence-corrected chi connectivity index (χ0v) is 10.3. The van der Waals surface area contributed by atoms with Crippen LogP contribution in [-0.2, 0) is 14.3 Å². The van der Waals surface area contributed by atoms with Gasteiger partial charge in [0.1, 0.15) is 6.04 Å². The number of rotatable bonds is 5. The summed E-state index contributed by atoms with van der Waals surface area (Å²) in [6.07, 6.45) is 0.626. The van der Waals surface area contributed by atoms with Crippen LogP contribution in [0.15, 0.2) is 0 Å². The number of esters is 1. The lowest BCUT2D eigenvalue weighted by molar-refractivity contribution is -0.146. The Labute approximate surface area is 101 Å². The van der Waals surface area contributed by atoms with Gasteiger partial charge in [0, 0.05) is 19.5 Å². The van der Waals surface area contributed by atoms with Gasteiger partial charge in [0.25, 0.3) is 0 Å². The van der Waals surface area contributed by atoms with Crippen molar-refractivity contribution in [3.05, 3.63) is 0 Å². The van der Waals surface area contributed by atoms with Gasteiger partial charge >= 0.3 is 5.97 Å². The van der Waals surface area contributed by atoms with Crippen molar-refractivity contribution >= 4 is 11.9 Å². The Bertz CT molecular complexity index is 283. The fourth-order valence-corrected chi connectivity index (χ4v) is 1.94. The van der Waals surface area contributed by atoms with Gasteiger partial charge in [0.15, 0.2) is 0 Å². The summed E-state index contributed by atoms with van der Waals surface area (Å²) in [5.41, 5.74) is 0. The van der Waals surface area contributed by atoms with E-state index in [9.17, 15) is 14.7 Å². The Hall–Kier alpha value is -1.14. The molecule has 6 heteroatoms. The van der Waals surface area contributed by atoms with E-state index < -0.39 is 18.1 Å². The molecule has 1 aliphatic heterocycles. The molecule has 0 aromatic rings. The molecule has 2 atom stereocenters. The first kappa shape index (κ1) is 13.9. The number of amides is 1. The quantitative estimate of drug-likeness (QED) is 0.614. The Morgan fingerprint density at radius 1 is 1.53 bits per heavy atom. The van der Waals surface area contributed by atoms with Gasteiger partial charge in [-0.15, -0.1) is 0 Å². The van der Waals surface area contributed by atoms with Crippen molar-refractivity contribution in [1.82, 2.24) is 10.2 Å². The van der Waals surface area contributed by atoms with Crippen LogP contribution in [0, 0.1) is 0 Å². The molecule has 1 heterocycles. The van der Waals surface area contributed by atoms with E-state index in [2.05, 4.69) is 10.1 Å². The predicted molar refractivity (Wildman–Crippen MR) is 61.3 cm³/mol. The highest BCUT2D eigenvalue weighted by atomic mass is 16.5. The summed E-state index contributed by atoms with van der Waals surface area (Å²) >= 11 is 0. The van der Waals surface area contributed by atoms with Gasteiger partial charge in [0.05, 0.1) is 19.8 Å². The third-order valence-electron chi connectivity index (χ3n) is 2.77. The number of hydrogen-bond acceptors (Lipinski definition) is 5. The molecule has 1 aliphatic rings. The van der Waals surface area contributed by atoms with Crippen molar-refractivity contribution in [3.63, 3.8) is 0 Å². The minimum absolute atomic E-state index is 0.122. The van der Waals surface area contributed by atoms with Crippen LogP contribution in [0.1, 0.15) is 19.8 Å². The molecule has 0 spiro atoms. The lowest BCUT2D eigenvalue weighted by atomic mass is 10.2. The summed E-state index contributed by atoms with van der Waals surface area (Å²) < 4.78 is 4.65. The van der Waals surface area contributed by atoms with E-state index in [1.54, 1.807) is 4.90 Å². The van der Waals surface area contributed by atoms with Crippen molar-refractivity contribution in [3.8, 4) is 0 Å². The Balaban J connectivity index is 2.50. The van der Waals surface area contributed by atoms with Crippen LogP contribution in [0.5, 0.6) is 0 Å². The highest BCUT2D eigenvalue weighted by Gasteiger charge is 2.37. The molecule has 2 unspecified atom stereocenters. The predicted octanol–water partition coefficient (Wildman–Crippen LogP) is -0.879. The third kappa shape index (κ3) is 3.98. The number of aliphatic hydroxyl groups is 1. The Kier molecular flexibility index (Phi) is 5.37. The number of hydrogen-bond donors (Lipinski definition) is 2. The number of aliphatic hydroxyl groups excluding tert-OH is 1. The largest absolute Gasteiger partial charge is 0.468 e. The van der Waals surface area contributed by atoms with Crippen LogP contribution >= 0.6 is 0 Å². The second-order valence-corrected chi connectivity index (χ2v) is 4.21.